The minimum Gasteiger partial charge on any atom is -0.351 e. The van der Waals surface area contributed by atoms with Crippen molar-refractivity contribution >= 4 is 24.2 Å². The molecule has 0 saturated heterocycles. The smallest absolute Gasteiger partial charge is 0.239 e. The minimum absolute atomic E-state index is 0. The summed E-state index contributed by atoms with van der Waals surface area (Å²) in [6.45, 7) is -0.217. The molecule has 4 N–H and O–H groups in total. The second-order valence-corrected chi connectivity index (χ2v) is 4.55. The lowest BCUT2D eigenvalue weighted by atomic mass is 10.1. The van der Waals surface area contributed by atoms with Crippen LogP contribution in [0.4, 0.5) is 4.39 Å². The predicted molar refractivity (Wildman–Crippen MR) is 75.0 cm³/mol. The molecule has 2 rings (SSSR count). The lowest BCUT2D eigenvalue weighted by molar-refractivity contribution is -0.125. The quantitative estimate of drug-likeness (QED) is 0.731. The summed E-state index contributed by atoms with van der Waals surface area (Å²) in [6, 6.07) is 6.39. The van der Waals surface area contributed by atoms with Crippen molar-refractivity contribution in [3.05, 3.63) is 35.6 Å². The summed E-state index contributed by atoms with van der Waals surface area (Å²) in [5.41, 5.74) is 5.99. The predicted octanol–water partition coefficient (Wildman–Crippen LogP) is 0.295. The first-order valence-electron chi connectivity index (χ1n) is 6.11. The summed E-state index contributed by atoms with van der Waals surface area (Å²) in [4.78, 5) is 22.4. The number of carbonyl (C=O) groups is 2. The Balaban J connectivity index is 0.00000200. The fraction of sp³-hybridized carbons (Fsp3) is 0.385. The Kier molecular flexibility index (Phi) is 5.91. The second kappa shape index (κ2) is 7.21. The second-order valence-electron chi connectivity index (χ2n) is 4.55. The van der Waals surface area contributed by atoms with Gasteiger partial charge < -0.3 is 16.4 Å². The summed E-state index contributed by atoms with van der Waals surface area (Å²) in [5, 5.41) is 5.18. The van der Waals surface area contributed by atoms with E-state index in [1.54, 1.807) is 6.07 Å². The van der Waals surface area contributed by atoms with Crippen molar-refractivity contribution in [2.75, 3.05) is 13.1 Å². The van der Waals surface area contributed by atoms with Gasteiger partial charge in [0.25, 0.3) is 0 Å². The summed E-state index contributed by atoms with van der Waals surface area (Å²) in [7, 11) is 0. The van der Waals surface area contributed by atoms with Crippen LogP contribution in [-0.4, -0.2) is 30.9 Å². The number of amides is 2. The molecule has 2 atom stereocenters. The first kappa shape index (κ1) is 16.4. The molecule has 0 bridgehead atoms. The van der Waals surface area contributed by atoms with Crippen LogP contribution in [0.5, 0.6) is 0 Å². The Hall–Kier alpha value is -1.66. The Labute approximate surface area is 122 Å². The number of carbonyl (C=O) groups excluding carboxylic acids is 2. The standard InChI is InChI=1S/C13H16FN3O2.ClH/c14-9-3-1-2-8(4-9)10-5-11(10)17-13(19)7-16-12(18)6-15;/h1-4,10-11H,5-7,15H2,(H,16,18)(H,17,19);1H. The number of nitrogens with one attached hydrogen (secondary N) is 2. The maximum Gasteiger partial charge on any atom is 0.239 e. The van der Waals surface area contributed by atoms with Gasteiger partial charge in [-0.1, -0.05) is 12.1 Å². The number of rotatable bonds is 5. The monoisotopic (exact) mass is 301 g/mol. The molecule has 0 aliphatic heterocycles. The molecular weight excluding hydrogens is 285 g/mol. The van der Waals surface area contributed by atoms with E-state index in [4.69, 9.17) is 5.73 Å². The normalized spacial score (nSPS) is 19.7. The van der Waals surface area contributed by atoms with Gasteiger partial charge >= 0.3 is 0 Å². The molecule has 5 nitrogen and oxygen atoms in total. The Bertz CT molecular complexity index is 498. The van der Waals surface area contributed by atoms with Gasteiger partial charge in [0.15, 0.2) is 0 Å². The highest BCUT2D eigenvalue weighted by Gasteiger charge is 2.39. The molecule has 20 heavy (non-hydrogen) atoms. The van der Waals surface area contributed by atoms with Crippen LogP contribution in [0.1, 0.15) is 17.9 Å². The molecule has 1 fully saturated rings. The van der Waals surface area contributed by atoms with Gasteiger partial charge in [0.05, 0.1) is 13.1 Å². The van der Waals surface area contributed by atoms with Gasteiger partial charge in [-0.05, 0) is 24.1 Å². The van der Waals surface area contributed by atoms with Crippen molar-refractivity contribution < 1.29 is 14.0 Å². The lowest BCUT2D eigenvalue weighted by Crippen LogP contribution is -2.40. The van der Waals surface area contributed by atoms with E-state index in [1.807, 2.05) is 6.07 Å². The van der Waals surface area contributed by atoms with Crippen LogP contribution in [0.15, 0.2) is 24.3 Å². The minimum atomic E-state index is -0.368. The molecule has 0 radical (unpaired) electrons. The summed E-state index contributed by atoms with van der Waals surface area (Å²) < 4.78 is 13.0. The molecule has 0 aromatic heterocycles. The van der Waals surface area contributed by atoms with Crippen molar-refractivity contribution in [1.82, 2.24) is 10.6 Å². The van der Waals surface area contributed by atoms with E-state index in [0.29, 0.717) is 0 Å². The van der Waals surface area contributed by atoms with E-state index in [9.17, 15) is 14.0 Å². The summed E-state index contributed by atoms with van der Waals surface area (Å²) >= 11 is 0. The van der Waals surface area contributed by atoms with Crippen LogP contribution in [0.25, 0.3) is 0 Å². The molecule has 1 aliphatic rings. The van der Waals surface area contributed by atoms with Crippen molar-refractivity contribution in [2.24, 2.45) is 5.73 Å². The number of hydrogen-bond acceptors (Lipinski definition) is 3. The fourth-order valence-electron chi connectivity index (χ4n) is 1.97. The third-order valence-corrected chi connectivity index (χ3v) is 3.05. The van der Waals surface area contributed by atoms with Gasteiger partial charge in [-0.25, -0.2) is 4.39 Å². The van der Waals surface area contributed by atoms with Gasteiger partial charge in [-0.15, -0.1) is 12.4 Å². The highest BCUT2D eigenvalue weighted by molar-refractivity contribution is 5.86. The van der Waals surface area contributed by atoms with Gasteiger partial charge in [0.2, 0.25) is 11.8 Å². The van der Waals surface area contributed by atoms with Gasteiger partial charge in [-0.2, -0.15) is 0 Å². The van der Waals surface area contributed by atoms with E-state index < -0.39 is 0 Å². The molecule has 2 unspecified atom stereocenters. The van der Waals surface area contributed by atoms with Crippen molar-refractivity contribution in [3.63, 3.8) is 0 Å². The highest BCUT2D eigenvalue weighted by Crippen LogP contribution is 2.40. The molecular formula is C13H17ClFN3O2. The third-order valence-electron chi connectivity index (χ3n) is 3.05. The van der Waals surface area contributed by atoms with E-state index in [2.05, 4.69) is 10.6 Å². The highest BCUT2D eigenvalue weighted by atomic mass is 35.5. The van der Waals surface area contributed by atoms with E-state index in [0.717, 1.165) is 12.0 Å². The first-order chi connectivity index (χ1) is 9.10. The molecule has 7 heteroatoms. The topological polar surface area (TPSA) is 84.2 Å². The molecule has 110 valence electrons. The van der Waals surface area contributed by atoms with Crippen LogP contribution < -0.4 is 16.4 Å². The number of hydrogen-bond donors (Lipinski definition) is 3. The number of halogens is 2. The number of nitrogens with two attached hydrogens (primary N) is 1. The largest absolute Gasteiger partial charge is 0.351 e. The van der Waals surface area contributed by atoms with Gasteiger partial charge in [0, 0.05) is 12.0 Å². The fourth-order valence-corrected chi connectivity index (χ4v) is 1.97. The molecule has 0 spiro atoms. The molecule has 1 aliphatic carbocycles. The molecule has 1 saturated carbocycles. The van der Waals surface area contributed by atoms with Crippen LogP contribution in [0, 0.1) is 5.82 Å². The zero-order chi connectivity index (χ0) is 13.8. The van der Waals surface area contributed by atoms with Crippen molar-refractivity contribution in [1.29, 1.82) is 0 Å². The van der Waals surface area contributed by atoms with E-state index in [-0.39, 0.29) is 55.1 Å². The van der Waals surface area contributed by atoms with Crippen LogP contribution >= 0.6 is 12.4 Å². The Morgan fingerprint density at radius 3 is 2.75 bits per heavy atom. The van der Waals surface area contributed by atoms with Crippen molar-refractivity contribution in [2.45, 2.75) is 18.4 Å². The number of benzene rings is 1. The Morgan fingerprint density at radius 2 is 2.10 bits per heavy atom. The molecule has 1 aromatic rings. The zero-order valence-electron chi connectivity index (χ0n) is 10.8. The van der Waals surface area contributed by atoms with Gasteiger partial charge in [-0.3, -0.25) is 9.59 Å². The lowest BCUT2D eigenvalue weighted by Gasteiger charge is -2.06. The molecule has 1 aromatic carbocycles. The third kappa shape index (κ3) is 4.47. The average molecular weight is 302 g/mol. The maximum absolute atomic E-state index is 13.0. The maximum atomic E-state index is 13.0. The van der Waals surface area contributed by atoms with E-state index in [1.165, 1.54) is 12.1 Å². The Morgan fingerprint density at radius 1 is 1.35 bits per heavy atom. The summed E-state index contributed by atoms with van der Waals surface area (Å²) in [5.74, 6) is -0.743. The van der Waals surface area contributed by atoms with Crippen LogP contribution in [0.3, 0.4) is 0 Å². The zero-order valence-corrected chi connectivity index (χ0v) is 11.6. The average Bonchev–Trinajstić information content (AvgIpc) is 3.15. The molecule has 2 amide bonds. The summed E-state index contributed by atoms with van der Waals surface area (Å²) in [6.07, 6.45) is 0.792. The van der Waals surface area contributed by atoms with Crippen molar-refractivity contribution in [3.8, 4) is 0 Å². The molecule has 0 heterocycles. The SMILES string of the molecule is Cl.NCC(=O)NCC(=O)NC1CC1c1cccc(F)c1. The van der Waals surface area contributed by atoms with Crippen LogP contribution in [0.2, 0.25) is 0 Å². The van der Waals surface area contributed by atoms with Gasteiger partial charge in [0.1, 0.15) is 5.82 Å². The van der Waals surface area contributed by atoms with E-state index >= 15 is 0 Å². The van der Waals surface area contributed by atoms with Crippen LogP contribution in [-0.2, 0) is 9.59 Å². The first-order valence-corrected chi connectivity index (χ1v) is 6.11.